The third-order valence-electron chi connectivity index (χ3n) is 2.76. The van der Waals surface area contributed by atoms with Gasteiger partial charge < -0.3 is 5.32 Å². The Labute approximate surface area is 113 Å². The highest BCUT2D eigenvalue weighted by atomic mass is 32.1. The molecule has 1 aromatic carbocycles. The molecule has 1 unspecified atom stereocenters. The van der Waals surface area contributed by atoms with Gasteiger partial charge in [0.15, 0.2) is 0 Å². The summed E-state index contributed by atoms with van der Waals surface area (Å²) in [7, 11) is 0. The zero-order valence-electron chi connectivity index (χ0n) is 11.4. The summed E-state index contributed by atoms with van der Waals surface area (Å²) in [5, 5.41) is 6.86. The monoisotopic (exact) mass is 260 g/mol. The molecule has 0 amide bonds. The van der Waals surface area contributed by atoms with Gasteiger partial charge in [0.1, 0.15) is 5.01 Å². The summed E-state index contributed by atoms with van der Waals surface area (Å²) >= 11 is 1.73. The number of hydrogen-bond donors (Lipinski definition) is 1. The van der Waals surface area contributed by atoms with Crippen LogP contribution >= 0.6 is 11.3 Å². The van der Waals surface area contributed by atoms with Gasteiger partial charge in [0.2, 0.25) is 0 Å². The molecule has 1 aromatic heterocycles. The van der Waals surface area contributed by atoms with E-state index in [0.29, 0.717) is 6.04 Å². The van der Waals surface area contributed by atoms with Gasteiger partial charge in [0.05, 0.1) is 6.04 Å². The maximum Gasteiger partial charge on any atom is 0.114 e. The topological polar surface area (TPSA) is 24.9 Å². The Kier molecular flexibility index (Phi) is 4.15. The van der Waals surface area contributed by atoms with Crippen molar-refractivity contribution in [1.82, 2.24) is 10.3 Å². The number of aromatic nitrogens is 1. The maximum absolute atomic E-state index is 4.63. The zero-order valence-corrected chi connectivity index (χ0v) is 12.2. The molecule has 18 heavy (non-hydrogen) atoms. The quantitative estimate of drug-likeness (QED) is 0.903. The molecule has 0 aliphatic rings. The predicted octanol–water partition coefficient (Wildman–Crippen LogP) is 3.85. The SMILES string of the molecule is Cc1cccc(C(NC(C)C)c2nc(C)cs2)c1. The van der Waals surface area contributed by atoms with Gasteiger partial charge in [0.25, 0.3) is 0 Å². The number of benzene rings is 1. The van der Waals surface area contributed by atoms with E-state index in [0.717, 1.165) is 10.7 Å². The second kappa shape index (κ2) is 5.63. The summed E-state index contributed by atoms with van der Waals surface area (Å²) in [6.45, 7) is 8.51. The van der Waals surface area contributed by atoms with Crippen LogP contribution in [0.3, 0.4) is 0 Å². The first-order valence-electron chi connectivity index (χ1n) is 6.31. The van der Waals surface area contributed by atoms with Crippen molar-refractivity contribution in [3.8, 4) is 0 Å². The summed E-state index contributed by atoms with van der Waals surface area (Å²) in [5.41, 5.74) is 3.67. The highest BCUT2D eigenvalue weighted by molar-refractivity contribution is 7.09. The van der Waals surface area contributed by atoms with Crippen LogP contribution in [0.25, 0.3) is 0 Å². The highest BCUT2D eigenvalue weighted by Gasteiger charge is 2.18. The van der Waals surface area contributed by atoms with Crippen LogP contribution in [0.4, 0.5) is 0 Å². The van der Waals surface area contributed by atoms with Crippen molar-refractivity contribution < 1.29 is 0 Å². The van der Waals surface area contributed by atoms with Crippen molar-refractivity contribution in [3.63, 3.8) is 0 Å². The van der Waals surface area contributed by atoms with Gasteiger partial charge in [-0.1, -0.05) is 29.8 Å². The Bertz CT molecular complexity index is 517. The van der Waals surface area contributed by atoms with Crippen molar-refractivity contribution in [2.45, 2.75) is 39.8 Å². The second-order valence-electron chi connectivity index (χ2n) is 5.00. The lowest BCUT2D eigenvalue weighted by Gasteiger charge is -2.20. The van der Waals surface area contributed by atoms with Crippen molar-refractivity contribution in [2.24, 2.45) is 0 Å². The normalized spacial score (nSPS) is 12.9. The highest BCUT2D eigenvalue weighted by Crippen LogP contribution is 2.26. The molecular weight excluding hydrogens is 240 g/mol. The predicted molar refractivity (Wildman–Crippen MR) is 78.1 cm³/mol. The molecule has 0 spiro atoms. The largest absolute Gasteiger partial charge is 0.302 e. The molecule has 0 fully saturated rings. The van der Waals surface area contributed by atoms with Crippen molar-refractivity contribution in [1.29, 1.82) is 0 Å². The Morgan fingerprint density at radius 3 is 2.56 bits per heavy atom. The van der Waals surface area contributed by atoms with Gasteiger partial charge in [0, 0.05) is 17.1 Å². The zero-order chi connectivity index (χ0) is 13.1. The lowest BCUT2D eigenvalue weighted by molar-refractivity contribution is 0.526. The molecule has 0 saturated heterocycles. The Morgan fingerprint density at radius 2 is 2.00 bits per heavy atom. The van der Waals surface area contributed by atoms with Crippen LogP contribution in [-0.2, 0) is 0 Å². The molecule has 0 saturated carbocycles. The third kappa shape index (κ3) is 3.18. The molecule has 3 heteroatoms. The fourth-order valence-electron chi connectivity index (χ4n) is 2.00. The van der Waals surface area contributed by atoms with Crippen molar-refractivity contribution in [3.05, 3.63) is 51.5 Å². The smallest absolute Gasteiger partial charge is 0.114 e. The van der Waals surface area contributed by atoms with E-state index >= 15 is 0 Å². The van der Waals surface area contributed by atoms with E-state index in [1.165, 1.54) is 11.1 Å². The molecule has 1 atom stereocenters. The van der Waals surface area contributed by atoms with E-state index < -0.39 is 0 Å². The Balaban J connectivity index is 2.36. The summed E-state index contributed by atoms with van der Waals surface area (Å²) < 4.78 is 0. The van der Waals surface area contributed by atoms with Crippen LogP contribution in [0.5, 0.6) is 0 Å². The molecule has 2 rings (SSSR count). The molecule has 0 bridgehead atoms. The number of nitrogens with one attached hydrogen (secondary N) is 1. The van der Waals surface area contributed by atoms with Crippen LogP contribution in [0.1, 0.15) is 41.7 Å². The fourth-order valence-corrected chi connectivity index (χ4v) is 2.88. The van der Waals surface area contributed by atoms with E-state index in [1.807, 2.05) is 6.92 Å². The number of rotatable bonds is 4. The van der Waals surface area contributed by atoms with Gasteiger partial charge in [-0.2, -0.15) is 0 Å². The number of thiazole rings is 1. The lowest BCUT2D eigenvalue weighted by Crippen LogP contribution is -2.29. The van der Waals surface area contributed by atoms with Gasteiger partial charge in [-0.15, -0.1) is 11.3 Å². The number of nitrogens with zero attached hydrogens (tertiary/aromatic N) is 1. The van der Waals surface area contributed by atoms with Gasteiger partial charge >= 0.3 is 0 Å². The minimum atomic E-state index is 0.198. The molecule has 0 aliphatic carbocycles. The first-order chi connectivity index (χ1) is 8.56. The Morgan fingerprint density at radius 1 is 1.22 bits per heavy atom. The molecule has 2 aromatic rings. The average Bonchev–Trinajstić information content (AvgIpc) is 2.72. The number of aryl methyl sites for hydroxylation is 2. The first-order valence-corrected chi connectivity index (χ1v) is 7.19. The van der Waals surface area contributed by atoms with Crippen LogP contribution in [0, 0.1) is 13.8 Å². The lowest BCUT2D eigenvalue weighted by atomic mass is 10.0. The van der Waals surface area contributed by atoms with E-state index in [2.05, 4.69) is 60.7 Å². The van der Waals surface area contributed by atoms with E-state index in [4.69, 9.17) is 0 Å². The van der Waals surface area contributed by atoms with Crippen LogP contribution in [-0.4, -0.2) is 11.0 Å². The number of hydrogen-bond acceptors (Lipinski definition) is 3. The minimum Gasteiger partial charge on any atom is -0.302 e. The van der Waals surface area contributed by atoms with Crippen LogP contribution < -0.4 is 5.32 Å². The van der Waals surface area contributed by atoms with Crippen LogP contribution in [0.2, 0.25) is 0 Å². The van der Waals surface area contributed by atoms with Crippen molar-refractivity contribution in [2.75, 3.05) is 0 Å². The van der Waals surface area contributed by atoms with E-state index in [9.17, 15) is 0 Å². The molecular formula is C15H20N2S. The summed E-state index contributed by atoms with van der Waals surface area (Å²) in [6, 6.07) is 9.27. The first kappa shape index (κ1) is 13.2. The molecule has 1 heterocycles. The summed E-state index contributed by atoms with van der Waals surface area (Å²) in [4.78, 5) is 4.63. The summed E-state index contributed by atoms with van der Waals surface area (Å²) in [6.07, 6.45) is 0. The van der Waals surface area contributed by atoms with Gasteiger partial charge in [-0.3, -0.25) is 0 Å². The maximum atomic E-state index is 4.63. The average molecular weight is 260 g/mol. The third-order valence-corrected chi connectivity index (χ3v) is 3.79. The molecule has 0 aliphatic heterocycles. The summed E-state index contributed by atoms with van der Waals surface area (Å²) in [5.74, 6) is 0. The molecule has 1 N–H and O–H groups in total. The van der Waals surface area contributed by atoms with Crippen LogP contribution in [0.15, 0.2) is 29.6 Å². The van der Waals surface area contributed by atoms with E-state index in [1.54, 1.807) is 11.3 Å². The second-order valence-corrected chi connectivity index (χ2v) is 5.89. The standard InChI is InChI=1S/C15H20N2S/c1-10(2)16-14(15-17-12(4)9-18-15)13-7-5-6-11(3)8-13/h5-10,14,16H,1-4H3. The molecule has 0 radical (unpaired) electrons. The Hall–Kier alpha value is -1.19. The fraction of sp³-hybridized carbons (Fsp3) is 0.400. The molecule has 2 nitrogen and oxygen atoms in total. The molecule has 96 valence electrons. The van der Waals surface area contributed by atoms with Gasteiger partial charge in [-0.25, -0.2) is 4.98 Å². The minimum absolute atomic E-state index is 0.198. The van der Waals surface area contributed by atoms with Crippen molar-refractivity contribution >= 4 is 11.3 Å². The van der Waals surface area contributed by atoms with Gasteiger partial charge in [-0.05, 0) is 33.3 Å². The van der Waals surface area contributed by atoms with E-state index in [-0.39, 0.29) is 6.04 Å².